The second-order valence-electron chi connectivity index (χ2n) is 10.9. The Kier molecular flexibility index (Phi) is 6.93. The lowest BCUT2D eigenvalue weighted by Gasteiger charge is -2.44. The Morgan fingerprint density at radius 1 is 0.974 bits per heavy atom. The molecule has 2 aromatic rings. The molecule has 6 rings (SSSR count). The normalized spacial score (nSPS) is 24.0. The first-order valence-corrected chi connectivity index (χ1v) is 14.0. The fraction of sp³-hybridized carbons (Fsp3) is 0.500. The molecule has 0 bridgehead atoms. The van der Waals surface area contributed by atoms with Gasteiger partial charge in [-0.15, -0.1) is 0 Å². The molecule has 0 aromatic heterocycles. The van der Waals surface area contributed by atoms with Crippen LogP contribution in [0.5, 0.6) is 11.5 Å². The van der Waals surface area contributed by atoms with Crippen molar-refractivity contribution in [2.75, 3.05) is 45.3 Å². The number of rotatable bonds is 7. The van der Waals surface area contributed by atoms with E-state index in [4.69, 9.17) is 9.47 Å². The molecule has 9 heteroatoms. The van der Waals surface area contributed by atoms with Crippen molar-refractivity contribution in [3.63, 3.8) is 0 Å². The molecule has 206 valence electrons. The van der Waals surface area contributed by atoms with Gasteiger partial charge in [-0.05, 0) is 62.9 Å². The number of carbonyl (C=O) groups excluding carboxylic acids is 3. The molecular formula is C30H36N4O5. The minimum absolute atomic E-state index is 0.0713. The van der Waals surface area contributed by atoms with E-state index in [1.165, 1.54) is 53.0 Å². The summed E-state index contributed by atoms with van der Waals surface area (Å²) in [6, 6.07) is 11.3. The minimum Gasteiger partial charge on any atom is -0.493 e. The van der Waals surface area contributed by atoms with Crippen molar-refractivity contribution >= 4 is 23.4 Å². The van der Waals surface area contributed by atoms with E-state index in [2.05, 4.69) is 10.2 Å². The summed E-state index contributed by atoms with van der Waals surface area (Å²) in [5.74, 6) is 0.756. The van der Waals surface area contributed by atoms with Gasteiger partial charge in [0.25, 0.3) is 11.8 Å². The molecule has 9 nitrogen and oxygen atoms in total. The van der Waals surface area contributed by atoms with Crippen LogP contribution in [0.2, 0.25) is 0 Å². The molecule has 4 aliphatic heterocycles. The van der Waals surface area contributed by atoms with Crippen LogP contribution in [0.15, 0.2) is 36.4 Å². The Bertz CT molecular complexity index is 1290. The second-order valence-corrected chi connectivity index (χ2v) is 10.9. The largest absolute Gasteiger partial charge is 0.493 e. The molecule has 2 fully saturated rings. The highest BCUT2D eigenvalue weighted by Crippen LogP contribution is 2.49. The number of carbonyl (C=O) groups is 3. The lowest BCUT2D eigenvalue weighted by atomic mass is 9.83. The third kappa shape index (κ3) is 4.33. The topological polar surface area (TPSA) is 91.4 Å². The number of amides is 3. The van der Waals surface area contributed by atoms with Crippen LogP contribution in [0, 0.1) is 5.92 Å². The Morgan fingerprint density at radius 2 is 1.79 bits per heavy atom. The summed E-state index contributed by atoms with van der Waals surface area (Å²) in [7, 11) is 3.03. The smallest absolute Gasteiger partial charge is 0.264 e. The van der Waals surface area contributed by atoms with Gasteiger partial charge in [0.1, 0.15) is 6.17 Å². The van der Waals surface area contributed by atoms with E-state index in [1.807, 2.05) is 12.1 Å². The quantitative estimate of drug-likeness (QED) is 0.586. The highest BCUT2D eigenvalue weighted by molar-refractivity contribution is 6.18. The first-order chi connectivity index (χ1) is 19.0. The predicted octanol–water partition coefficient (Wildman–Crippen LogP) is 3.59. The lowest BCUT2D eigenvalue weighted by molar-refractivity contribution is -0.121. The number of nitrogens with zero attached hydrogens (tertiary/aromatic N) is 3. The van der Waals surface area contributed by atoms with E-state index in [-0.39, 0.29) is 30.7 Å². The SMILES string of the molecule is COc1ccc2c(c1OC)C(=O)N1c3ccccc3C(=O)N(CCC(=O)NC[C@@H]3CCCN4CCCC[C@H]34)C21. The summed E-state index contributed by atoms with van der Waals surface area (Å²) in [5.41, 5.74) is 2.06. The van der Waals surface area contributed by atoms with Gasteiger partial charge < -0.3 is 24.6 Å². The molecule has 0 saturated carbocycles. The third-order valence-corrected chi connectivity index (χ3v) is 8.85. The summed E-state index contributed by atoms with van der Waals surface area (Å²) in [4.78, 5) is 46.4. The van der Waals surface area contributed by atoms with E-state index >= 15 is 0 Å². The van der Waals surface area contributed by atoms with Gasteiger partial charge in [-0.25, -0.2) is 0 Å². The summed E-state index contributed by atoms with van der Waals surface area (Å²) >= 11 is 0. The van der Waals surface area contributed by atoms with Gasteiger partial charge >= 0.3 is 0 Å². The van der Waals surface area contributed by atoms with Gasteiger partial charge in [-0.1, -0.05) is 24.6 Å². The van der Waals surface area contributed by atoms with Crippen molar-refractivity contribution in [1.29, 1.82) is 0 Å². The van der Waals surface area contributed by atoms with Gasteiger partial charge in [0.05, 0.1) is 31.0 Å². The fourth-order valence-electron chi connectivity index (χ4n) is 7.02. The molecule has 3 amide bonds. The number of anilines is 1. The van der Waals surface area contributed by atoms with Crippen LogP contribution < -0.4 is 19.7 Å². The van der Waals surface area contributed by atoms with Crippen molar-refractivity contribution in [2.45, 2.75) is 50.7 Å². The molecule has 39 heavy (non-hydrogen) atoms. The Labute approximate surface area is 229 Å². The van der Waals surface area contributed by atoms with Crippen molar-refractivity contribution < 1.29 is 23.9 Å². The zero-order valence-corrected chi connectivity index (χ0v) is 22.7. The highest BCUT2D eigenvalue weighted by atomic mass is 16.5. The fourth-order valence-corrected chi connectivity index (χ4v) is 7.02. The summed E-state index contributed by atoms with van der Waals surface area (Å²) < 4.78 is 11.0. The lowest BCUT2D eigenvalue weighted by Crippen LogP contribution is -2.51. The first-order valence-electron chi connectivity index (χ1n) is 14.0. The Morgan fingerprint density at radius 3 is 2.62 bits per heavy atom. The van der Waals surface area contributed by atoms with E-state index in [0.717, 1.165) is 6.42 Å². The third-order valence-electron chi connectivity index (χ3n) is 8.85. The first kappa shape index (κ1) is 25.7. The van der Waals surface area contributed by atoms with E-state index in [0.29, 0.717) is 52.4 Å². The van der Waals surface area contributed by atoms with Crippen molar-refractivity contribution in [2.24, 2.45) is 5.92 Å². The molecule has 0 aliphatic carbocycles. The molecular weight excluding hydrogens is 496 g/mol. The number of nitrogens with one attached hydrogen (secondary N) is 1. The summed E-state index contributed by atoms with van der Waals surface area (Å²) in [6.07, 6.45) is 5.57. The number of ether oxygens (including phenoxy) is 2. The molecule has 4 heterocycles. The maximum atomic E-state index is 13.8. The maximum Gasteiger partial charge on any atom is 0.264 e. The van der Waals surface area contributed by atoms with Crippen LogP contribution in [0.3, 0.4) is 0 Å². The number of para-hydroxylation sites is 1. The monoisotopic (exact) mass is 532 g/mol. The van der Waals surface area contributed by atoms with Gasteiger partial charge in [-0.2, -0.15) is 0 Å². The van der Waals surface area contributed by atoms with E-state index in [1.54, 1.807) is 34.1 Å². The van der Waals surface area contributed by atoms with Crippen LogP contribution in [0.1, 0.15) is 71.0 Å². The predicted molar refractivity (Wildman–Crippen MR) is 146 cm³/mol. The molecule has 4 aliphatic rings. The average Bonchev–Trinajstić information content (AvgIpc) is 3.27. The Hall–Kier alpha value is -3.59. The number of hydrogen-bond donors (Lipinski definition) is 1. The van der Waals surface area contributed by atoms with Crippen LogP contribution in [0.4, 0.5) is 5.69 Å². The highest BCUT2D eigenvalue weighted by Gasteiger charge is 2.49. The summed E-state index contributed by atoms with van der Waals surface area (Å²) in [5, 5.41) is 3.16. The van der Waals surface area contributed by atoms with Crippen LogP contribution >= 0.6 is 0 Å². The molecule has 0 radical (unpaired) electrons. The zero-order valence-electron chi connectivity index (χ0n) is 22.7. The molecule has 0 spiro atoms. The number of hydrogen-bond acceptors (Lipinski definition) is 6. The molecule has 2 aromatic carbocycles. The molecule has 1 unspecified atom stereocenters. The van der Waals surface area contributed by atoms with Gasteiger partial charge in [0.2, 0.25) is 5.91 Å². The zero-order chi connectivity index (χ0) is 27.1. The second kappa shape index (κ2) is 10.5. The van der Waals surface area contributed by atoms with Crippen LogP contribution in [0.25, 0.3) is 0 Å². The number of benzene rings is 2. The molecule has 1 N–H and O–H groups in total. The van der Waals surface area contributed by atoms with Gasteiger partial charge in [0, 0.05) is 31.1 Å². The minimum atomic E-state index is -0.656. The van der Waals surface area contributed by atoms with Crippen molar-refractivity contribution in [3.8, 4) is 11.5 Å². The van der Waals surface area contributed by atoms with Crippen LogP contribution in [-0.2, 0) is 4.79 Å². The van der Waals surface area contributed by atoms with E-state index in [9.17, 15) is 14.4 Å². The number of fused-ring (bicyclic) bond motifs is 6. The maximum absolute atomic E-state index is 13.8. The molecule has 2 saturated heterocycles. The van der Waals surface area contributed by atoms with Crippen molar-refractivity contribution in [1.82, 2.24) is 15.1 Å². The standard InChI is InChI=1S/C30H36N4O5/c1-38-24-13-12-21-26(27(24)39-2)30(37)34-23-11-4-3-9-20(23)29(36)33(28(21)34)17-14-25(35)31-18-19-8-7-16-32-15-6-5-10-22(19)32/h3-4,9,11-13,19,22,28H,5-8,10,14-18H2,1-2H3,(H,31,35)/t19-,22+,28?/m0/s1. The Balaban J connectivity index is 1.22. The van der Waals surface area contributed by atoms with Gasteiger partial charge in [0.15, 0.2) is 11.5 Å². The molecule has 3 atom stereocenters. The number of methoxy groups -OCH3 is 2. The van der Waals surface area contributed by atoms with Gasteiger partial charge in [-0.3, -0.25) is 19.3 Å². The number of piperidine rings is 2. The van der Waals surface area contributed by atoms with E-state index < -0.39 is 6.17 Å². The van der Waals surface area contributed by atoms with Crippen molar-refractivity contribution in [3.05, 3.63) is 53.1 Å². The summed E-state index contributed by atoms with van der Waals surface area (Å²) in [6.45, 7) is 3.21. The van der Waals surface area contributed by atoms with Crippen LogP contribution in [-0.4, -0.2) is 74.0 Å². The average molecular weight is 533 g/mol.